The fourth-order valence-electron chi connectivity index (χ4n) is 2.03. The molecular formula is C16H17F2NO2S. The molecule has 0 bridgehead atoms. The Morgan fingerprint density at radius 3 is 2.41 bits per heavy atom. The van der Waals surface area contributed by atoms with E-state index in [1.165, 1.54) is 0 Å². The van der Waals surface area contributed by atoms with Gasteiger partial charge in [0.1, 0.15) is 11.6 Å². The van der Waals surface area contributed by atoms with Gasteiger partial charge in [-0.15, -0.1) is 0 Å². The van der Waals surface area contributed by atoms with Crippen LogP contribution in [-0.2, 0) is 22.2 Å². The molecule has 6 heteroatoms. The van der Waals surface area contributed by atoms with Crippen molar-refractivity contribution < 1.29 is 17.2 Å². The molecule has 0 saturated heterocycles. The second kappa shape index (κ2) is 6.98. The van der Waals surface area contributed by atoms with Crippen molar-refractivity contribution in [2.75, 3.05) is 6.54 Å². The maximum atomic E-state index is 13.4. The molecular weight excluding hydrogens is 308 g/mol. The van der Waals surface area contributed by atoms with E-state index in [-0.39, 0.29) is 24.3 Å². The molecule has 0 aliphatic rings. The van der Waals surface area contributed by atoms with Crippen LogP contribution in [0.25, 0.3) is 0 Å². The predicted octanol–water partition coefficient (Wildman–Crippen LogP) is 2.94. The lowest BCUT2D eigenvalue weighted by molar-refractivity contribution is 0.572. The van der Waals surface area contributed by atoms with Crippen LogP contribution in [0.2, 0.25) is 0 Å². The van der Waals surface area contributed by atoms with Crippen LogP contribution in [0.3, 0.4) is 0 Å². The van der Waals surface area contributed by atoms with Gasteiger partial charge in [-0.1, -0.05) is 29.8 Å². The molecule has 0 heterocycles. The van der Waals surface area contributed by atoms with Crippen LogP contribution < -0.4 is 4.72 Å². The summed E-state index contributed by atoms with van der Waals surface area (Å²) in [4.78, 5) is 0. The van der Waals surface area contributed by atoms with E-state index >= 15 is 0 Å². The summed E-state index contributed by atoms with van der Waals surface area (Å²) in [6.07, 6.45) is 0.0940. The summed E-state index contributed by atoms with van der Waals surface area (Å²) in [5.74, 6) is -1.23. The Kier molecular flexibility index (Phi) is 5.26. The molecule has 2 rings (SSSR count). The molecule has 0 fully saturated rings. The molecule has 0 aliphatic heterocycles. The average Bonchev–Trinajstić information content (AvgIpc) is 2.45. The molecule has 0 saturated carbocycles. The molecule has 118 valence electrons. The topological polar surface area (TPSA) is 46.2 Å². The van der Waals surface area contributed by atoms with Gasteiger partial charge in [-0.25, -0.2) is 21.9 Å². The minimum absolute atomic E-state index is 0.0224. The zero-order chi connectivity index (χ0) is 16.2. The largest absolute Gasteiger partial charge is 0.215 e. The summed E-state index contributed by atoms with van der Waals surface area (Å²) in [6.45, 7) is 1.94. The van der Waals surface area contributed by atoms with Crippen LogP contribution in [0.1, 0.15) is 16.7 Å². The highest BCUT2D eigenvalue weighted by atomic mass is 32.2. The van der Waals surface area contributed by atoms with Crippen molar-refractivity contribution in [3.05, 3.63) is 70.8 Å². The Hall–Kier alpha value is -1.79. The molecule has 0 unspecified atom stereocenters. The van der Waals surface area contributed by atoms with Crippen LogP contribution in [0, 0.1) is 18.6 Å². The lowest BCUT2D eigenvalue weighted by Crippen LogP contribution is -2.27. The standard InChI is InChI=1S/C16H17F2NO2S/c1-12-2-4-13(5-3-12)11-22(20,21)19-9-8-14-10-15(17)6-7-16(14)18/h2-7,10,19H,8-9,11H2,1H3. The molecule has 1 N–H and O–H groups in total. The molecule has 0 radical (unpaired) electrons. The molecule has 0 atom stereocenters. The van der Waals surface area contributed by atoms with Crippen LogP contribution in [0.4, 0.5) is 8.78 Å². The minimum atomic E-state index is -3.51. The van der Waals surface area contributed by atoms with E-state index in [2.05, 4.69) is 4.72 Å². The monoisotopic (exact) mass is 325 g/mol. The first-order valence-corrected chi connectivity index (χ1v) is 8.48. The van der Waals surface area contributed by atoms with Crippen LogP contribution in [0.5, 0.6) is 0 Å². The van der Waals surface area contributed by atoms with E-state index < -0.39 is 21.7 Å². The third-order valence-electron chi connectivity index (χ3n) is 3.20. The zero-order valence-corrected chi connectivity index (χ0v) is 13.0. The van der Waals surface area contributed by atoms with Gasteiger partial charge < -0.3 is 0 Å². The zero-order valence-electron chi connectivity index (χ0n) is 12.1. The van der Waals surface area contributed by atoms with Crippen LogP contribution in [0.15, 0.2) is 42.5 Å². The Balaban J connectivity index is 1.92. The number of rotatable bonds is 6. The Morgan fingerprint density at radius 2 is 1.73 bits per heavy atom. The fraction of sp³-hybridized carbons (Fsp3) is 0.250. The third-order valence-corrected chi connectivity index (χ3v) is 4.56. The summed E-state index contributed by atoms with van der Waals surface area (Å²) in [7, 11) is -3.51. The van der Waals surface area contributed by atoms with Gasteiger partial charge in [0, 0.05) is 6.54 Å². The molecule has 0 amide bonds. The Bertz CT molecular complexity index is 743. The molecule has 3 nitrogen and oxygen atoms in total. The summed E-state index contributed by atoms with van der Waals surface area (Å²) in [6, 6.07) is 10.3. The second-order valence-electron chi connectivity index (χ2n) is 5.12. The van der Waals surface area contributed by atoms with Gasteiger partial charge in [0.2, 0.25) is 10.0 Å². The van der Waals surface area contributed by atoms with Crippen molar-refractivity contribution in [2.24, 2.45) is 0 Å². The Labute approximate surface area is 129 Å². The molecule has 0 aliphatic carbocycles. The minimum Gasteiger partial charge on any atom is -0.215 e. The van der Waals surface area contributed by atoms with E-state index in [9.17, 15) is 17.2 Å². The molecule has 2 aromatic rings. The highest BCUT2D eigenvalue weighted by Gasteiger charge is 2.12. The summed E-state index contributed by atoms with van der Waals surface area (Å²) in [5.41, 5.74) is 1.88. The lowest BCUT2D eigenvalue weighted by Gasteiger charge is -2.08. The van der Waals surface area contributed by atoms with E-state index in [1.54, 1.807) is 12.1 Å². The fourth-order valence-corrected chi connectivity index (χ4v) is 3.18. The van der Waals surface area contributed by atoms with Gasteiger partial charge in [-0.2, -0.15) is 0 Å². The van der Waals surface area contributed by atoms with Gasteiger partial charge in [0.25, 0.3) is 0 Å². The number of benzene rings is 2. The first-order valence-electron chi connectivity index (χ1n) is 6.82. The van der Waals surface area contributed by atoms with Crippen molar-refractivity contribution in [3.8, 4) is 0 Å². The quantitative estimate of drug-likeness (QED) is 0.887. The molecule has 22 heavy (non-hydrogen) atoms. The summed E-state index contributed by atoms with van der Waals surface area (Å²) >= 11 is 0. The van der Waals surface area contributed by atoms with E-state index in [0.29, 0.717) is 5.56 Å². The number of hydrogen-bond donors (Lipinski definition) is 1. The number of hydrogen-bond acceptors (Lipinski definition) is 2. The van der Waals surface area contributed by atoms with Gasteiger partial charge in [0.15, 0.2) is 0 Å². The summed E-state index contributed by atoms with van der Waals surface area (Å²) < 4.78 is 52.7. The normalized spacial score (nSPS) is 11.6. The number of halogens is 2. The number of nitrogens with one attached hydrogen (secondary N) is 1. The molecule has 0 aromatic heterocycles. The SMILES string of the molecule is Cc1ccc(CS(=O)(=O)NCCc2cc(F)ccc2F)cc1. The maximum absolute atomic E-state index is 13.4. The smallest absolute Gasteiger partial charge is 0.215 e. The number of sulfonamides is 1. The average molecular weight is 325 g/mol. The first kappa shape index (κ1) is 16.6. The van der Waals surface area contributed by atoms with E-state index in [1.807, 2.05) is 19.1 Å². The van der Waals surface area contributed by atoms with Crippen LogP contribution in [-0.4, -0.2) is 15.0 Å². The first-order chi connectivity index (χ1) is 10.4. The van der Waals surface area contributed by atoms with Crippen LogP contribution >= 0.6 is 0 Å². The van der Waals surface area contributed by atoms with Crippen molar-refractivity contribution in [3.63, 3.8) is 0 Å². The maximum Gasteiger partial charge on any atom is 0.215 e. The van der Waals surface area contributed by atoms with Gasteiger partial charge in [-0.05, 0) is 42.7 Å². The second-order valence-corrected chi connectivity index (χ2v) is 6.93. The highest BCUT2D eigenvalue weighted by Crippen LogP contribution is 2.11. The van der Waals surface area contributed by atoms with E-state index in [0.717, 1.165) is 23.8 Å². The van der Waals surface area contributed by atoms with Gasteiger partial charge in [-0.3, -0.25) is 0 Å². The van der Waals surface area contributed by atoms with Crippen molar-refractivity contribution in [2.45, 2.75) is 19.1 Å². The van der Waals surface area contributed by atoms with Crippen molar-refractivity contribution in [1.82, 2.24) is 4.72 Å². The van der Waals surface area contributed by atoms with Gasteiger partial charge in [0.05, 0.1) is 5.75 Å². The predicted molar refractivity (Wildman–Crippen MR) is 81.9 cm³/mol. The highest BCUT2D eigenvalue weighted by molar-refractivity contribution is 7.88. The summed E-state index contributed by atoms with van der Waals surface area (Å²) in [5, 5.41) is 0. The number of aryl methyl sites for hydroxylation is 1. The third kappa shape index (κ3) is 4.89. The lowest BCUT2D eigenvalue weighted by atomic mass is 10.1. The van der Waals surface area contributed by atoms with Crippen molar-refractivity contribution >= 4 is 10.0 Å². The van der Waals surface area contributed by atoms with Gasteiger partial charge >= 0.3 is 0 Å². The van der Waals surface area contributed by atoms with Crippen molar-refractivity contribution in [1.29, 1.82) is 0 Å². The van der Waals surface area contributed by atoms with E-state index in [4.69, 9.17) is 0 Å². The Morgan fingerprint density at radius 1 is 1.05 bits per heavy atom. The molecule has 2 aromatic carbocycles. The molecule has 0 spiro atoms.